The van der Waals surface area contributed by atoms with Crippen LogP contribution < -0.4 is 0 Å². The van der Waals surface area contributed by atoms with Gasteiger partial charge in [-0.1, -0.05) is 24.3 Å². The van der Waals surface area contributed by atoms with Gasteiger partial charge in [0.15, 0.2) is 0 Å². The minimum absolute atomic E-state index is 0.0972. The Morgan fingerprint density at radius 2 is 2.06 bits per heavy atom. The van der Waals surface area contributed by atoms with Crippen LogP contribution in [-0.2, 0) is 11.2 Å². The van der Waals surface area contributed by atoms with Gasteiger partial charge in [0.25, 0.3) is 0 Å². The van der Waals surface area contributed by atoms with E-state index in [0.29, 0.717) is 19.4 Å². The lowest BCUT2D eigenvalue weighted by Gasteiger charge is -2.18. The van der Waals surface area contributed by atoms with Crippen molar-refractivity contribution in [1.29, 1.82) is 0 Å². The molecular formula is C14H21NO2. The van der Waals surface area contributed by atoms with Gasteiger partial charge in [-0.3, -0.25) is 4.79 Å². The van der Waals surface area contributed by atoms with E-state index in [9.17, 15) is 9.90 Å². The maximum absolute atomic E-state index is 11.9. The molecule has 0 radical (unpaired) electrons. The van der Waals surface area contributed by atoms with E-state index in [1.807, 2.05) is 31.2 Å². The van der Waals surface area contributed by atoms with Gasteiger partial charge in [0.2, 0.25) is 5.91 Å². The number of aliphatic hydroxyl groups excluding tert-OH is 1. The van der Waals surface area contributed by atoms with Crippen molar-refractivity contribution in [3.05, 3.63) is 35.4 Å². The SMILES string of the molecule is Cc1ccccc1CC(=O)N(C)CCC(C)O. The van der Waals surface area contributed by atoms with E-state index < -0.39 is 0 Å². The van der Waals surface area contributed by atoms with Crippen LogP contribution in [-0.4, -0.2) is 35.6 Å². The largest absolute Gasteiger partial charge is 0.393 e. The maximum atomic E-state index is 11.9. The highest BCUT2D eigenvalue weighted by Gasteiger charge is 2.11. The van der Waals surface area contributed by atoms with Gasteiger partial charge >= 0.3 is 0 Å². The van der Waals surface area contributed by atoms with Crippen LogP contribution in [0.1, 0.15) is 24.5 Å². The van der Waals surface area contributed by atoms with Crippen molar-refractivity contribution in [2.45, 2.75) is 32.8 Å². The topological polar surface area (TPSA) is 40.5 Å². The van der Waals surface area contributed by atoms with Crippen molar-refractivity contribution in [2.75, 3.05) is 13.6 Å². The molecular weight excluding hydrogens is 214 g/mol. The lowest BCUT2D eigenvalue weighted by atomic mass is 10.1. The molecule has 0 spiro atoms. The van der Waals surface area contributed by atoms with Crippen LogP contribution in [0.4, 0.5) is 0 Å². The zero-order valence-electron chi connectivity index (χ0n) is 10.8. The number of benzene rings is 1. The highest BCUT2D eigenvalue weighted by molar-refractivity contribution is 5.78. The van der Waals surface area contributed by atoms with Crippen molar-refractivity contribution >= 4 is 5.91 Å². The Morgan fingerprint density at radius 1 is 1.41 bits per heavy atom. The molecule has 0 aliphatic heterocycles. The number of nitrogens with zero attached hydrogens (tertiary/aromatic N) is 1. The second-order valence-electron chi connectivity index (χ2n) is 4.56. The molecule has 0 saturated carbocycles. The van der Waals surface area contributed by atoms with E-state index >= 15 is 0 Å². The van der Waals surface area contributed by atoms with Crippen molar-refractivity contribution in [2.24, 2.45) is 0 Å². The lowest BCUT2D eigenvalue weighted by molar-refractivity contribution is -0.129. The molecule has 1 unspecified atom stereocenters. The first-order valence-electron chi connectivity index (χ1n) is 5.97. The van der Waals surface area contributed by atoms with Crippen LogP contribution in [0.5, 0.6) is 0 Å². The summed E-state index contributed by atoms with van der Waals surface area (Å²) >= 11 is 0. The fraction of sp³-hybridized carbons (Fsp3) is 0.500. The fourth-order valence-electron chi connectivity index (χ4n) is 1.61. The summed E-state index contributed by atoms with van der Waals surface area (Å²) in [5.41, 5.74) is 2.21. The molecule has 17 heavy (non-hydrogen) atoms. The van der Waals surface area contributed by atoms with Crippen molar-refractivity contribution in [1.82, 2.24) is 4.90 Å². The summed E-state index contributed by atoms with van der Waals surface area (Å²) in [6.07, 6.45) is 0.697. The summed E-state index contributed by atoms with van der Waals surface area (Å²) in [7, 11) is 1.78. The summed E-state index contributed by atoms with van der Waals surface area (Å²) in [5.74, 6) is 0.0972. The first-order chi connectivity index (χ1) is 8.00. The highest BCUT2D eigenvalue weighted by Crippen LogP contribution is 2.09. The molecule has 1 amide bonds. The molecule has 1 N–H and O–H groups in total. The maximum Gasteiger partial charge on any atom is 0.226 e. The van der Waals surface area contributed by atoms with Gasteiger partial charge < -0.3 is 10.0 Å². The third-order valence-electron chi connectivity index (χ3n) is 2.91. The molecule has 0 aliphatic carbocycles. The van der Waals surface area contributed by atoms with Crippen LogP contribution in [0.3, 0.4) is 0 Å². The Kier molecular flexibility index (Phi) is 5.16. The summed E-state index contributed by atoms with van der Waals surface area (Å²) in [4.78, 5) is 13.6. The second-order valence-corrected chi connectivity index (χ2v) is 4.56. The molecule has 0 heterocycles. The molecule has 0 bridgehead atoms. The summed E-state index contributed by atoms with van der Waals surface area (Å²) < 4.78 is 0. The lowest BCUT2D eigenvalue weighted by Crippen LogP contribution is -2.30. The monoisotopic (exact) mass is 235 g/mol. The van der Waals surface area contributed by atoms with E-state index in [0.717, 1.165) is 11.1 Å². The molecule has 0 aromatic heterocycles. The Morgan fingerprint density at radius 3 is 2.65 bits per heavy atom. The molecule has 1 aromatic carbocycles. The molecule has 0 aliphatic rings. The summed E-state index contributed by atoms with van der Waals surface area (Å²) in [6.45, 7) is 4.35. The fourth-order valence-corrected chi connectivity index (χ4v) is 1.61. The van der Waals surface area contributed by atoms with Gasteiger partial charge in [-0.15, -0.1) is 0 Å². The highest BCUT2D eigenvalue weighted by atomic mass is 16.3. The van der Waals surface area contributed by atoms with Gasteiger partial charge in [0.05, 0.1) is 12.5 Å². The van der Waals surface area contributed by atoms with Crippen LogP contribution in [0, 0.1) is 6.92 Å². The zero-order valence-corrected chi connectivity index (χ0v) is 10.8. The summed E-state index contributed by atoms with van der Waals surface area (Å²) in [5, 5.41) is 9.18. The molecule has 0 saturated heterocycles. The standard InChI is InChI=1S/C14H21NO2/c1-11-6-4-5-7-13(11)10-14(17)15(3)9-8-12(2)16/h4-7,12,16H,8-10H2,1-3H3. The minimum Gasteiger partial charge on any atom is -0.393 e. The van der Waals surface area contributed by atoms with E-state index in [1.165, 1.54) is 0 Å². The third kappa shape index (κ3) is 4.57. The first-order valence-corrected chi connectivity index (χ1v) is 5.97. The second kappa shape index (κ2) is 6.40. The number of likely N-dealkylation sites (N-methyl/N-ethyl adjacent to an activating group) is 1. The molecule has 0 fully saturated rings. The summed E-state index contributed by atoms with van der Waals surface area (Å²) in [6, 6.07) is 7.92. The number of hydrogen-bond acceptors (Lipinski definition) is 2. The van der Waals surface area contributed by atoms with Crippen LogP contribution in [0.25, 0.3) is 0 Å². The molecule has 1 aromatic rings. The van der Waals surface area contributed by atoms with Crippen molar-refractivity contribution in [3.63, 3.8) is 0 Å². The van der Waals surface area contributed by atoms with Gasteiger partial charge in [-0.05, 0) is 31.4 Å². The number of hydrogen-bond donors (Lipinski definition) is 1. The van der Waals surface area contributed by atoms with Gasteiger partial charge in [0, 0.05) is 13.6 Å². The van der Waals surface area contributed by atoms with Gasteiger partial charge in [-0.25, -0.2) is 0 Å². The van der Waals surface area contributed by atoms with Crippen molar-refractivity contribution in [3.8, 4) is 0 Å². The molecule has 1 rings (SSSR count). The van der Waals surface area contributed by atoms with Crippen LogP contribution in [0.15, 0.2) is 24.3 Å². The quantitative estimate of drug-likeness (QED) is 0.845. The third-order valence-corrected chi connectivity index (χ3v) is 2.91. The Bertz CT molecular complexity index is 374. The number of aliphatic hydroxyl groups is 1. The normalized spacial score (nSPS) is 12.2. The van der Waals surface area contributed by atoms with Crippen LogP contribution >= 0.6 is 0 Å². The van der Waals surface area contributed by atoms with Crippen molar-refractivity contribution < 1.29 is 9.90 Å². The number of carbonyl (C=O) groups excluding carboxylic acids is 1. The Labute approximate surface area is 103 Å². The number of rotatable bonds is 5. The Hall–Kier alpha value is -1.35. The molecule has 1 atom stereocenters. The predicted molar refractivity (Wildman–Crippen MR) is 68.8 cm³/mol. The predicted octanol–water partition coefficient (Wildman–Crippen LogP) is 1.77. The van der Waals surface area contributed by atoms with E-state index in [4.69, 9.17) is 0 Å². The average molecular weight is 235 g/mol. The van der Waals surface area contributed by atoms with Gasteiger partial charge in [-0.2, -0.15) is 0 Å². The first kappa shape index (κ1) is 13.7. The van der Waals surface area contributed by atoms with E-state index in [-0.39, 0.29) is 12.0 Å². The van der Waals surface area contributed by atoms with E-state index in [2.05, 4.69) is 0 Å². The zero-order chi connectivity index (χ0) is 12.8. The van der Waals surface area contributed by atoms with Crippen LogP contribution in [0.2, 0.25) is 0 Å². The minimum atomic E-state index is -0.358. The average Bonchev–Trinajstić information content (AvgIpc) is 2.28. The number of aryl methyl sites for hydroxylation is 1. The number of carbonyl (C=O) groups is 1. The number of amides is 1. The molecule has 3 heteroatoms. The van der Waals surface area contributed by atoms with E-state index in [1.54, 1.807) is 18.9 Å². The smallest absolute Gasteiger partial charge is 0.226 e. The molecule has 3 nitrogen and oxygen atoms in total. The molecule has 94 valence electrons. The van der Waals surface area contributed by atoms with Gasteiger partial charge in [0.1, 0.15) is 0 Å². The Balaban J connectivity index is 2.52.